The van der Waals surface area contributed by atoms with Gasteiger partial charge in [-0.05, 0) is 96.5 Å². The third-order valence-corrected chi connectivity index (χ3v) is 7.59. The van der Waals surface area contributed by atoms with Crippen LogP contribution in [0.2, 0.25) is 0 Å². The summed E-state index contributed by atoms with van der Waals surface area (Å²) >= 11 is 0. The second-order valence-corrected chi connectivity index (χ2v) is 10.6. The van der Waals surface area contributed by atoms with E-state index in [9.17, 15) is 21.0 Å². The van der Waals surface area contributed by atoms with Crippen molar-refractivity contribution in [1.82, 2.24) is 0 Å². The van der Waals surface area contributed by atoms with E-state index in [2.05, 4.69) is 72.2 Å². The van der Waals surface area contributed by atoms with Crippen LogP contribution < -0.4 is 0 Å². The molecule has 5 rings (SSSR count). The molecule has 0 aliphatic carbocycles. The molecule has 4 nitrogen and oxygen atoms in total. The van der Waals surface area contributed by atoms with Crippen molar-refractivity contribution in [2.75, 3.05) is 0 Å². The zero-order chi connectivity index (χ0) is 32.1. The predicted octanol–water partition coefficient (Wildman–Crippen LogP) is 7.54. The summed E-state index contributed by atoms with van der Waals surface area (Å²) in [4.78, 5) is 0. The minimum Gasteiger partial charge on any atom is -0.192 e. The maximum absolute atomic E-state index is 9.81. The molecule has 0 aromatic heterocycles. The second-order valence-electron chi connectivity index (χ2n) is 10.6. The Morgan fingerprint density at radius 1 is 0.348 bits per heavy atom. The molecule has 5 aromatic rings. The number of hydrogen-bond donors (Lipinski definition) is 0. The number of aryl methyl sites for hydroxylation is 4. The molecule has 214 valence electrons. The van der Waals surface area contributed by atoms with E-state index in [-0.39, 0.29) is 0 Å². The molecule has 0 saturated heterocycles. The maximum atomic E-state index is 9.81. The molecule has 46 heavy (non-hydrogen) atoms. The largest absolute Gasteiger partial charge is 0.192 e. The molecular weight excluding hydrogens is 560 g/mol. The van der Waals surface area contributed by atoms with Gasteiger partial charge in [0.1, 0.15) is 12.1 Å². The van der Waals surface area contributed by atoms with Gasteiger partial charge in [-0.25, -0.2) is 0 Å². The highest BCUT2D eigenvalue weighted by Crippen LogP contribution is 2.21. The molecule has 0 saturated carbocycles. The van der Waals surface area contributed by atoms with Crippen molar-refractivity contribution in [3.8, 4) is 48.0 Å². The van der Waals surface area contributed by atoms with Gasteiger partial charge in [0.05, 0.1) is 34.4 Å². The smallest absolute Gasteiger partial charge is 0.100 e. The van der Waals surface area contributed by atoms with Crippen LogP contribution in [0.15, 0.2) is 109 Å². The van der Waals surface area contributed by atoms with Gasteiger partial charge in [-0.2, -0.15) is 21.0 Å². The first-order valence-electron chi connectivity index (χ1n) is 14.8. The quantitative estimate of drug-likeness (QED) is 0.192. The number of nitrogens with zero attached hydrogens (tertiary/aromatic N) is 4. The lowest BCUT2D eigenvalue weighted by Crippen LogP contribution is -2.00. The van der Waals surface area contributed by atoms with Crippen LogP contribution in [-0.2, 0) is 25.7 Å². The van der Waals surface area contributed by atoms with E-state index in [4.69, 9.17) is 0 Å². The van der Waals surface area contributed by atoms with Crippen molar-refractivity contribution in [2.24, 2.45) is 0 Å². The normalized spacial score (nSPS) is 9.65. The van der Waals surface area contributed by atoms with Gasteiger partial charge in [0.2, 0.25) is 0 Å². The van der Waals surface area contributed by atoms with Gasteiger partial charge in [-0.3, -0.25) is 0 Å². The summed E-state index contributed by atoms with van der Waals surface area (Å²) < 4.78 is 0. The van der Waals surface area contributed by atoms with Crippen molar-refractivity contribution >= 4 is 0 Å². The van der Waals surface area contributed by atoms with Crippen LogP contribution in [0.5, 0.6) is 0 Å². The van der Waals surface area contributed by atoms with Crippen molar-refractivity contribution in [3.05, 3.63) is 176 Å². The summed E-state index contributed by atoms with van der Waals surface area (Å²) in [6.45, 7) is 0. The first kappa shape index (κ1) is 30.6. The van der Waals surface area contributed by atoms with Gasteiger partial charge in [-0.15, -0.1) is 0 Å². The Labute approximate surface area is 270 Å². The minimum absolute atomic E-state index is 0.459. The van der Waals surface area contributed by atoms with Crippen LogP contribution in [0, 0.1) is 69.0 Å². The first-order valence-corrected chi connectivity index (χ1v) is 14.8. The Morgan fingerprint density at radius 2 is 0.717 bits per heavy atom. The van der Waals surface area contributed by atoms with E-state index in [1.165, 1.54) is 0 Å². The molecule has 0 atom stereocenters. The van der Waals surface area contributed by atoms with Crippen molar-refractivity contribution < 1.29 is 0 Å². The van der Waals surface area contributed by atoms with Crippen LogP contribution in [0.25, 0.3) is 0 Å². The van der Waals surface area contributed by atoms with E-state index >= 15 is 0 Å². The Morgan fingerprint density at radius 3 is 1.07 bits per heavy atom. The number of benzene rings is 5. The molecule has 0 bridgehead atoms. The van der Waals surface area contributed by atoms with Crippen LogP contribution >= 0.6 is 0 Å². The summed E-state index contributed by atoms with van der Waals surface area (Å²) in [5, 5.41) is 39.1. The summed E-state index contributed by atoms with van der Waals surface area (Å²) in [6, 6.07) is 43.3. The third-order valence-electron chi connectivity index (χ3n) is 7.59. The highest BCUT2D eigenvalue weighted by molar-refractivity contribution is 5.58. The van der Waals surface area contributed by atoms with Crippen LogP contribution in [-0.4, -0.2) is 0 Å². The standard InChI is InChI=1S/C42H26N4/c43-27-39-25-37(41(29-45)23-35(39)19-15-31-7-3-1-4-8-31)21-17-33-11-13-34(14-12-33)18-22-38-26-40(28-44)36(24-42(38)30-46)20-16-32-9-5-2-6-10-32/h1-14,23-26H,17-18,21-22H2. The molecule has 0 spiro atoms. The molecule has 4 heteroatoms. The molecule has 0 N–H and O–H groups in total. The highest BCUT2D eigenvalue weighted by Gasteiger charge is 2.11. The van der Waals surface area contributed by atoms with E-state index in [0.717, 1.165) is 33.4 Å². The van der Waals surface area contributed by atoms with Crippen molar-refractivity contribution in [2.45, 2.75) is 25.7 Å². The van der Waals surface area contributed by atoms with E-state index in [1.807, 2.05) is 60.7 Å². The molecule has 5 aromatic carbocycles. The fourth-order valence-corrected chi connectivity index (χ4v) is 5.06. The minimum atomic E-state index is 0.459. The van der Waals surface area contributed by atoms with Gasteiger partial charge in [0, 0.05) is 22.3 Å². The molecule has 0 aliphatic rings. The first-order chi connectivity index (χ1) is 22.6. The average Bonchev–Trinajstić information content (AvgIpc) is 3.12. The molecular formula is C42H26N4. The topological polar surface area (TPSA) is 95.2 Å². The molecule has 0 aliphatic heterocycles. The lowest BCUT2D eigenvalue weighted by molar-refractivity contribution is 0.935. The fourth-order valence-electron chi connectivity index (χ4n) is 5.06. The Bertz CT molecular complexity index is 2020. The molecule has 0 unspecified atom stereocenters. The highest BCUT2D eigenvalue weighted by atomic mass is 14.3. The van der Waals surface area contributed by atoms with Gasteiger partial charge in [0.15, 0.2) is 0 Å². The lowest BCUT2D eigenvalue weighted by atomic mass is 9.93. The Kier molecular flexibility index (Phi) is 10.0. The van der Waals surface area contributed by atoms with Gasteiger partial charge in [-0.1, -0.05) is 84.3 Å². The predicted molar refractivity (Wildman–Crippen MR) is 178 cm³/mol. The summed E-state index contributed by atoms with van der Waals surface area (Å²) in [7, 11) is 0. The van der Waals surface area contributed by atoms with Crippen molar-refractivity contribution in [3.63, 3.8) is 0 Å². The summed E-state index contributed by atoms with van der Waals surface area (Å²) in [5.74, 6) is 12.2. The number of nitriles is 4. The number of rotatable bonds is 6. The van der Waals surface area contributed by atoms with Gasteiger partial charge >= 0.3 is 0 Å². The third kappa shape index (κ3) is 7.76. The van der Waals surface area contributed by atoms with Crippen molar-refractivity contribution in [1.29, 1.82) is 21.0 Å². The zero-order valence-corrected chi connectivity index (χ0v) is 25.0. The van der Waals surface area contributed by atoms with E-state index < -0.39 is 0 Å². The monoisotopic (exact) mass is 586 g/mol. The van der Waals surface area contributed by atoms with Gasteiger partial charge < -0.3 is 0 Å². The molecule has 0 radical (unpaired) electrons. The maximum Gasteiger partial charge on any atom is 0.100 e. The van der Waals surface area contributed by atoms with Crippen LogP contribution in [0.1, 0.15) is 66.8 Å². The Balaban J connectivity index is 1.25. The number of hydrogen-bond acceptors (Lipinski definition) is 4. The lowest BCUT2D eigenvalue weighted by Gasteiger charge is -2.09. The zero-order valence-electron chi connectivity index (χ0n) is 25.0. The molecule has 0 fully saturated rings. The second kappa shape index (κ2) is 15.1. The van der Waals surface area contributed by atoms with Crippen LogP contribution in [0.3, 0.4) is 0 Å². The molecule has 0 amide bonds. The summed E-state index contributed by atoms with van der Waals surface area (Å²) in [6.07, 6.45) is 2.66. The fraction of sp³-hybridized carbons (Fsp3) is 0.0952. The summed E-state index contributed by atoms with van der Waals surface area (Å²) in [5.41, 5.74) is 8.62. The van der Waals surface area contributed by atoms with Gasteiger partial charge in [0.25, 0.3) is 0 Å². The van der Waals surface area contributed by atoms with E-state index in [0.29, 0.717) is 59.1 Å². The Hall–Kier alpha value is -6.82. The van der Waals surface area contributed by atoms with Crippen LogP contribution in [0.4, 0.5) is 0 Å². The SMILES string of the molecule is N#Cc1cc(CCc2ccc(CCc3cc(C#N)c(C#Cc4ccccc4)cc3C#N)cc2)c(C#N)cc1C#Cc1ccccc1. The van der Waals surface area contributed by atoms with E-state index in [1.54, 1.807) is 24.3 Å². The average molecular weight is 587 g/mol. The molecule has 0 heterocycles.